The third kappa shape index (κ3) is 3.67. The number of halogens is 1. The fraction of sp³-hybridized carbons (Fsp3) is 0.286. The smallest absolute Gasteiger partial charge is 0.161 e. The molecular formula is C14H17BrN4O2S. The second kappa shape index (κ2) is 7.96. The second-order valence-electron chi connectivity index (χ2n) is 4.32. The van der Waals surface area contributed by atoms with E-state index in [0.717, 1.165) is 29.3 Å². The Kier molecular flexibility index (Phi) is 6.59. The molecule has 0 unspecified atom stereocenters. The molecule has 0 fully saturated rings. The summed E-state index contributed by atoms with van der Waals surface area (Å²) in [5.41, 5.74) is 8.01. The second-order valence-corrected chi connectivity index (χ2v) is 5.38. The monoisotopic (exact) mass is 384 g/mol. The highest BCUT2D eigenvalue weighted by Crippen LogP contribution is 2.37. The number of amidine groups is 1. The van der Waals surface area contributed by atoms with Crippen molar-refractivity contribution in [2.75, 3.05) is 20.8 Å². The summed E-state index contributed by atoms with van der Waals surface area (Å²) in [5, 5.41) is 19.8. The average Bonchev–Trinajstić information content (AvgIpc) is 2.50. The molecule has 0 bridgehead atoms. The van der Waals surface area contributed by atoms with Gasteiger partial charge in [0.1, 0.15) is 11.0 Å². The number of ether oxygens (including phenoxy) is 2. The zero-order valence-corrected chi connectivity index (χ0v) is 14.8. The molecule has 1 aromatic carbocycles. The van der Waals surface area contributed by atoms with Crippen molar-refractivity contribution < 1.29 is 9.47 Å². The van der Waals surface area contributed by atoms with Crippen molar-refractivity contribution in [3.63, 3.8) is 0 Å². The molecule has 118 valence electrons. The van der Waals surface area contributed by atoms with Crippen molar-refractivity contribution in [3.8, 4) is 17.6 Å². The molecule has 0 atom stereocenters. The molecule has 0 saturated carbocycles. The summed E-state index contributed by atoms with van der Waals surface area (Å²) in [6, 6.07) is 5.86. The van der Waals surface area contributed by atoms with Crippen LogP contribution in [0.15, 0.2) is 17.0 Å². The van der Waals surface area contributed by atoms with Crippen molar-refractivity contribution in [3.05, 3.63) is 28.2 Å². The van der Waals surface area contributed by atoms with Gasteiger partial charge in [-0.15, -0.1) is 17.0 Å². The van der Waals surface area contributed by atoms with Crippen LogP contribution in [0.25, 0.3) is 5.70 Å². The summed E-state index contributed by atoms with van der Waals surface area (Å²) in [6.07, 6.45) is 0.822. The number of nitrogens with two attached hydrogens (primary N) is 1. The number of rotatable bonds is 3. The van der Waals surface area contributed by atoms with Gasteiger partial charge in [-0.05, 0) is 35.9 Å². The van der Waals surface area contributed by atoms with Crippen molar-refractivity contribution >= 4 is 39.6 Å². The van der Waals surface area contributed by atoms with Gasteiger partial charge in [0.2, 0.25) is 0 Å². The lowest BCUT2D eigenvalue weighted by atomic mass is 9.97. The van der Waals surface area contributed by atoms with Crippen LogP contribution in [-0.4, -0.2) is 25.9 Å². The Bertz CT molecular complexity index is 655. The van der Waals surface area contributed by atoms with Gasteiger partial charge in [-0.2, -0.15) is 5.26 Å². The van der Waals surface area contributed by atoms with E-state index in [1.165, 1.54) is 0 Å². The minimum atomic E-state index is -0.117. The Morgan fingerprint density at radius 3 is 2.55 bits per heavy atom. The molecule has 4 N–H and O–H groups in total. The zero-order chi connectivity index (χ0) is 15.4. The van der Waals surface area contributed by atoms with Gasteiger partial charge in [0.15, 0.2) is 16.7 Å². The van der Waals surface area contributed by atoms with Gasteiger partial charge >= 0.3 is 0 Å². The Morgan fingerprint density at radius 2 is 2.00 bits per heavy atom. The fourth-order valence-corrected chi connectivity index (χ4v) is 2.77. The van der Waals surface area contributed by atoms with Crippen molar-refractivity contribution in [1.82, 2.24) is 5.32 Å². The van der Waals surface area contributed by atoms with Crippen molar-refractivity contribution in [1.29, 1.82) is 10.7 Å². The molecule has 0 aliphatic carbocycles. The highest BCUT2D eigenvalue weighted by Gasteiger charge is 2.21. The van der Waals surface area contributed by atoms with Crippen LogP contribution < -0.4 is 20.5 Å². The first-order valence-corrected chi connectivity index (χ1v) is 7.07. The van der Waals surface area contributed by atoms with Gasteiger partial charge < -0.3 is 20.5 Å². The number of nitriles is 1. The number of hydrogen-bond donors (Lipinski definition) is 3. The largest absolute Gasteiger partial charge is 0.493 e. The van der Waals surface area contributed by atoms with E-state index in [1.54, 1.807) is 14.2 Å². The molecule has 0 amide bonds. The predicted molar refractivity (Wildman–Crippen MR) is 93.6 cm³/mol. The fourth-order valence-electron chi connectivity index (χ4n) is 2.22. The maximum absolute atomic E-state index is 9.30. The molecule has 8 heteroatoms. The van der Waals surface area contributed by atoms with E-state index in [1.807, 2.05) is 12.1 Å². The molecule has 6 nitrogen and oxygen atoms in total. The number of thioether (sulfide) groups is 1. The summed E-state index contributed by atoms with van der Waals surface area (Å²) in [6.45, 7) is 0.710. The van der Waals surface area contributed by atoms with E-state index in [-0.39, 0.29) is 22.1 Å². The number of nitrogens with zero attached hydrogens (tertiary/aromatic N) is 1. The highest BCUT2D eigenvalue weighted by atomic mass is 79.9. The van der Waals surface area contributed by atoms with Crippen LogP contribution >= 0.6 is 28.7 Å². The molecule has 0 saturated heterocycles. The number of benzene rings is 1. The quantitative estimate of drug-likeness (QED) is 0.419. The Morgan fingerprint density at radius 1 is 1.36 bits per heavy atom. The van der Waals surface area contributed by atoms with E-state index in [0.29, 0.717) is 28.6 Å². The molecule has 1 aliphatic rings. The normalized spacial score (nSPS) is 14.6. The standard InChI is InChI=1S/C14H16N4O2S.BrH/c1-19-10-5-8-3-4-18-13(9(8)6-11(10)20-2)12(7-15)21-14(16)17;/h5-6,18H,3-4H2,1-2H3,(H3,16,17);1H/b13-12+;. The minimum Gasteiger partial charge on any atom is -0.493 e. The molecule has 0 radical (unpaired) electrons. The molecule has 1 aliphatic heterocycles. The van der Waals surface area contributed by atoms with Gasteiger partial charge in [-0.25, -0.2) is 0 Å². The average molecular weight is 385 g/mol. The van der Waals surface area contributed by atoms with Gasteiger partial charge in [0, 0.05) is 12.1 Å². The summed E-state index contributed by atoms with van der Waals surface area (Å²) >= 11 is 0.938. The molecule has 0 spiro atoms. The van der Waals surface area contributed by atoms with Crippen LogP contribution in [0.2, 0.25) is 0 Å². The van der Waals surface area contributed by atoms with Gasteiger partial charge in [0.25, 0.3) is 0 Å². The number of methoxy groups -OCH3 is 2. The lowest BCUT2D eigenvalue weighted by Gasteiger charge is -2.23. The van der Waals surface area contributed by atoms with E-state index in [4.69, 9.17) is 20.6 Å². The molecule has 1 aromatic rings. The molecule has 2 rings (SSSR count). The zero-order valence-electron chi connectivity index (χ0n) is 12.2. The summed E-state index contributed by atoms with van der Waals surface area (Å²) in [4.78, 5) is 0.371. The van der Waals surface area contributed by atoms with Gasteiger partial charge in [-0.1, -0.05) is 0 Å². The summed E-state index contributed by atoms with van der Waals surface area (Å²) < 4.78 is 10.6. The van der Waals surface area contributed by atoms with Crippen LogP contribution in [0.1, 0.15) is 11.1 Å². The van der Waals surface area contributed by atoms with Crippen LogP contribution in [0, 0.1) is 16.7 Å². The first-order chi connectivity index (χ1) is 10.1. The number of hydrogen-bond acceptors (Lipinski definition) is 6. The highest BCUT2D eigenvalue weighted by molar-refractivity contribution is 8.93. The Hall–Kier alpha value is -1.85. The first-order valence-electron chi connectivity index (χ1n) is 6.26. The van der Waals surface area contributed by atoms with Crippen LogP contribution in [0.3, 0.4) is 0 Å². The van der Waals surface area contributed by atoms with Crippen LogP contribution in [-0.2, 0) is 6.42 Å². The Balaban J connectivity index is 0.00000242. The van der Waals surface area contributed by atoms with Gasteiger partial charge in [0.05, 0.1) is 19.9 Å². The van der Waals surface area contributed by atoms with Crippen molar-refractivity contribution in [2.24, 2.45) is 5.73 Å². The lowest BCUT2D eigenvalue weighted by Crippen LogP contribution is -2.24. The van der Waals surface area contributed by atoms with Crippen LogP contribution in [0.5, 0.6) is 11.5 Å². The summed E-state index contributed by atoms with van der Waals surface area (Å²) in [5.74, 6) is 1.26. The maximum Gasteiger partial charge on any atom is 0.161 e. The predicted octanol–water partition coefficient (Wildman–Crippen LogP) is 2.25. The topological polar surface area (TPSA) is 104 Å². The molecule has 22 heavy (non-hydrogen) atoms. The third-order valence-corrected chi connectivity index (χ3v) is 3.83. The number of fused-ring (bicyclic) bond motifs is 1. The lowest BCUT2D eigenvalue weighted by molar-refractivity contribution is 0.354. The minimum absolute atomic E-state index is 0. The number of nitrogens with one attached hydrogen (secondary N) is 2. The number of allylic oxidation sites excluding steroid dienone is 1. The van der Waals surface area contributed by atoms with Crippen molar-refractivity contribution in [2.45, 2.75) is 6.42 Å². The van der Waals surface area contributed by atoms with E-state index < -0.39 is 0 Å². The van der Waals surface area contributed by atoms with Crippen LogP contribution in [0.4, 0.5) is 0 Å². The van der Waals surface area contributed by atoms with Gasteiger partial charge in [-0.3, -0.25) is 5.41 Å². The van der Waals surface area contributed by atoms with E-state index in [9.17, 15) is 5.26 Å². The summed E-state index contributed by atoms with van der Waals surface area (Å²) in [7, 11) is 3.16. The first kappa shape index (κ1) is 18.2. The maximum atomic E-state index is 9.30. The molecule has 0 aromatic heterocycles. The third-order valence-electron chi connectivity index (χ3n) is 3.12. The molecule has 1 heterocycles. The SMILES string of the molecule is Br.COc1cc2c(cc1OC)/C(=C(/C#N)SC(=N)N)NCC2. The van der Waals surface area contributed by atoms with E-state index >= 15 is 0 Å². The Labute approximate surface area is 143 Å². The van der Waals surface area contributed by atoms with E-state index in [2.05, 4.69) is 11.4 Å². The molecular weight excluding hydrogens is 368 g/mol.